The molecule has 6 nitrogen and oxygen atoms in total. The van der Waals surface area contributed by atoms with Gasteiger partial charge in [-0.3, -0.25) is 4.79 Å². The van der Waals surface area contributed by atoms with Gasteiger partial charge in [-0.05, 0) is 76.1 Å². The van der Waals surface area contributed by atoms with Crippen LogP contribution in [-0.4, -0.2) is 33.3 Å². The van der Waals surface area contributed by atoms with E-state index < -0.39 is 5.82 Å². The molecule has 1 aliphatic rings. The smallest absolute Gasteiger partial charge is 0.255 e. The lowest BCUT2D eigenvalue weighted by atomic mass is 10.1. The summed E-state index contributed by atoms with van der Waals surface area (Å²) in [7, 11) is 0. The van der Waals surface area contributed by atoms with E-state index in [2.05, 4.69) is 45.8 Å². The van der Waals surface area contributed by atoms with Crippen molar-refractivity contribution in [1.29, 1.82) is 0 Å². The van der Waals surface area contributed by atoms with E-state index in [1.54, 1.807) is 24.3 Å². The van der Waals surface area contributed by atoms with Crippen molar-refractivity contribution in [2.45, 2.75) is 59.0 Å². The Morgan fingerprint density at radius 2 is 1.91 bits per heavy atom. The molecule has 0 spiro atoms. The molecular weight excluding hydrogens is 405 g/mol. The number of aromatic nitrogens is 3. The first-order valence-corrected chi connectivity index (χ1v) is 11.4. The lowest BCUT2D eigenvalue weighted by molar-refractivity contribution is 0.102. The maximum Gasteiger partial charge on any atom is 0.255 e. The number of halogens is 1. The molecule has 0 atom stereocenters. The molecule has 0 saturated heterocycles. The molecule has 0 bridgehead atoms. The van der Waals surface area contributed by atoms with E-state index in [0.717, 1.165) is 55.3 Å². The van der Waals surface area contributed by atoms with Gasteiger partial charge in [0.05, 0.1) is 5.69 Å². The number of hydrogen-bond donors (Lipinski definition) is 1. The molecule has 0 aliphatic carbocycles. The number of carbonyl (C=O) groups is 1. The third kappa shape index (κ3) is 4.52. The second-order valence-electron chi connectivity index (χ2n) is 8.48. The van der Waals surface area contributed by atoms with Crippen molar-refractivity contribution in [3.8, 4) is 11.4 Å². The monoisotopic (exact) mass is 435 g/mol. The molecule has 3 aromatic rings. The summed E-state index contributed by atoms with van der Waals surface area (Å²) in [6.07, 6.45) is 4.25. The highest BCUT2D eigenvalue weighted by molar-refractivity contribution is 6.04. The minimum Gasteiger partial charge on any atom is -0.369 e. The van der Waals surface area contributed by atoms with Crippen LogP contribution in [0.3, 0.4) is 0 Å². The molecule has 0 fully saturated rings. The first-order valence-electron chi connectivity index (χ1n) is 11.4. The van der Waals surface area contributed by atoms with Crippen LogP contribution in [0.5, 0.6) is 0 Å². The van der Waals surface area contributed by atoms with Gasteiger partial charge in [-0.2, -0.15) is 0 Å². The number of amides is 1. The van der Waals surface area contributed by atoms with Gasteiger partial charge in [0.1, 0.15) is 11.6 Å². The summed E-state index contributed by atoms with van der Waals surface area (Å²) >= 11 is 0. The molecule has 7 heteroatoms. The Morgan fingerprint density at radius 3 is 2.62 bits per heavy atom. The fourth-order valence-corrected chi connectivity index (χ4v) is 4.30. The second kappa shape index (κ2) is 9.51. The van der Waals surface area contributed by atoms with Crippen LogP contribution in [0.4, 0.5) is 15.8 Å². The molecule has 0 saturated carbocycles. The van der Waals surface area contributed by atoms with Gasteiger partial charge < -0.3 is 14.8 Å². The van der Waals surface area contributed by atoms with E-state index in [4.69, 9.17) is 0 Å². The zero-order valence-corrected chi connectivity index (χ0v) is 18.9. The van der Waals surface area contributed by atoms with E-state index in [1.807, 2.05) is 12.1 Å². The maximum absolute atomic E-state index is 14.5. The number of anilines is 2. The predicted octanol–water partition coefficient (Wildman–Crippen LogP) is 5.30. The normalized spacial score (nSPS) is 13.5. The summed E-state index contributed by atoms with van der Waals surface area (Å²) in [6.45, 7) is 8.11. The Labute approximate surface area is 188 Å². The molecule has 2 aromatic carbocycles. The average Bonchev–Trinajstić information content (AvgIpc) is 3.04. The Kier molecular flexibility index (Phi) is 6.53. The van der Waals surface area contributed by atoms with Crippen LogP contribution in [0.15, 0.2) is 42.5 Å². The highest BCUT2D eigenvalue weighted by atomic mass is 19.1. The van der Waals surface area contributed by atoms with Crippen molar-refractivity contribution < 1.29 is 9.18 Å². The highest BCUT2D eigenvalue weighted by Crippen LogP contribution is 2.27. The largest absolute Gasteiger partial charge is 0.369 e. The quantitative estimate of drug-likeness (QED) is 0.571. The zero-order chi connectivity index (χ0) is 22.7. The van der Waals surface area contributed by atoms with E-state index in [1.165, 1.54) is 12.5 Å². The fourth-order valence-electron chi connectivity index (χ4n) is 4.30. The Balaban J connectivity index is 1.55. The molecular formula is C25H30FN5O. The van der Waals surface area contributed by atoms with Crippen LogP contribution in [0, 0.1) is 5.82 Å². The van der Waals surface area contributed by atoms with Crippen molar-refractivity contribution >= 4 is 17.3 Å². The molecule has 1 aliphatic heterocycles. The summed E-state index contributed by atoms with van der Waals surface area (Å²) in [5.74, 6) is 0.858. The van der Waals surface area contributed by atoms with Crippen LogP contribution in [-0.2, 0) is 13.0 Å². The Hall–Kier alpha value is -3.22. The minimum atomic E-state index is -0.480. The molecule has 0 radical (unpaired) electrons. The molecule has 1 aromatic heterocycles. The average molecular weight is 436 g/mol. The number of carbonyl (C=O) groups excluding carboxylic acids is 1. The maximum atomic E-state index is 14.5. The van der Waals surface area contributed by atoms with Gasteiger partial charge in [0.2, 0.25) is 0 Å². The number of benzene rings is 2. The number of nitrogens with zero attached hydrogens (tertiary/aromatic N) is 4. The van der Waals surface area contributed by atoms with Gasteiger partial charge in [0.15, 0.2) is 5.82 Å². The standard InChI is InChI=1S/C25H30FN5O/c1-4-30(17(2)3)20-12-9-18(10-13-20)25(32)27-22-16-19(11-14-21(22)26)24-29-28-23-8-6-5-7-15-31(23)24/h9-14,16-17H,4-8,15H2,1-3H3,(H,27,32). The van der Waals surface area contributed by atoms with Crippen LogP contribution in [0.25, 0.3) is 11.4 Å². The van der Waals surface area contributed by atoms with Gasteiger partial charge in [-0.1, -0.05) is 6.42 Å². The summed E-state index contributed by atoms with van der Waals surface area (Å²) < 4.78 is 16.6. The summed E-state index contributed by atoms with van der Waals surface area (Å²) in [6, 6.07) is 12.5. The number of aryl methyl sites for hydroxylation is 1. The first kappa shape index (κ1) is 22.0. The van der Waals surface area contributed by atoms with Crippen LogP contribution in [0.2, 0.25) is 0 Å². The van der Waals surface area contributed by atoms with E-state index in [-0.39, 0.29) is 11.6 Å². The zero-order valence-electron chi connectivity index (χ0n) is 18.9. The number of nitrogens with one attached hydrogen (secondary N) is 1. The minimum absolute atomic E-state index is 0.139. The van der Waals surface area contributed by atoms with E-state index >= 15 is 0 Å². The summed E-state index contributed by atoms with van der Waals surface area (Å²) in [5.41, 5.74) is 2.42. The lowest BCUT2D eigenvalue weighted by Gasteiger charge is -2.27. The van der Waals surface area contributed by atoms with Gasteiger partial charge >= 0.3 is 0 Å². The van der Waals surface area contributed by atoms with Crippen molar-refractivity contribution in [1.82, 2.24) is 14.8 Å². The van der Waals surface area contributed by atoms with Crippen molar-refractivity contribution in [3.05, 3.63) is 59.7 Å². The number of rotatable bonds is 6. The third-order valence-electron chi connectivity index (χ3n) is 6.01. The SMILES string of the molecule is CCN(c1ccc(C(=O)Nc2cc(-c3nnc4n3CCCCC4)ccc2F)cc1)C(C)C. The van der Waals surface area contributed by atoms with E-state index in [0.29, 0.717) is 11.6 Å². The molecule has 4 rings (SSSR count). The van der Waals surface area contributed by atoms with Crippen LogP contribution < -0.4 is 10.2 Å². The molecule has 1 amide bonds. The van der Waals surface area contributed by atoms with E-state index in [9.17, 15) is 9.18 Å². The molecule has 32 heavy (non-hydrogen) atoms. The first-order chi connectivity index (χ1) is 15.5. The molecule has 1 N–H and O–H groups in total. The Bertz CT molecular complexity index is 1090. The number of fused-ring (bicyclic) bond motifs is 1. The molecule has 168 valence electrons. The Morgan fingerprint density at radius 1 is 1.12 bits per heavy atom. The third-order valence-corrected chi connectivity index (χ3v) is 6.01. The second-order valence-corrected chi connectivity index (χ2v) is 8.48. The van der Waals surface area contributed by atoms with Gasteiger partial charge in [0, 0.05) is 42.4 Å². The summed E-state index contributed by atoms with van der Waals surface area (Å²) in [5, 5.41) is 11.4. The number of hydrogen-bond acceptors (Lipinski definition) is 4. The predicted molar refractivity (Wildman–Crippen MR) is 126 cm³/mol. The lowest BCUT2D eigenvalue weighted by Crippen LogP contribution is -2.30. The van der Waals surface area contributed by atoms with Gasteiger partial charge in [-0.25, -0.2) is 4.39 Å². The van der Waals surface area contributed by atoms with Gasteiger partial charge in [0.25, 0.3) is 5.91 Å². The van der Waals surface area contributed by atoms with Gasteiger partial charge in [-0.15, -0.1) is 10.2 Å². The van der Waals surface area contributed by atoms with Crippen molar-refractivity contribution in [2.75, 3.05) is 16.8 Å². The summed E-state index contributed by atoms with van der Waals surface area (Å²) in [4.78, 5) is 15.0. The van der Waals surface area contributed by atoms with Crippen LogP contribution in [0.1, 0.15) is 56.2 Å². The van der Waals surface area contributed by atoms with Crippen LogP contribution >= 0.6 is 0 Å². The highest BCUT2D eigenvalue weighted by Gasteiger charge is 2.18. The topological polar surface area (TPSA) is 63.1 Å². The fraction of sp³-hybridized carbons (Fsp3) is 0.400. The molecule has 2 heterocycles. The van der Waals surface area contributed by atoms with Crippen molar-refractivity contribution in [2.24, 2.45) is 0 Å². The molecule has 0 unspecified atom stereocenters. The van der Waals surface area contributed by atoms with Crippen molar-refractivity contribution in [3.63, 3.8) is 0 Å².